The molecule has 2 aromatic rings. The van der Waals surface area contributed by atoms with Crippen LogP contribution >= 0.6 is 27.3 Å². The van der Waals surface area contributed by atoms with Gasteiger partial charge < -0.3 is 4.90 Å². The fraction of sp³-hybridized carbons (Fsp3) is 0.267. The summed E-state index contributed by atoms with van der Waals surface area (Å²) in [5.41, 5.74) is 1.02. The van der Waals surface area contributed by atoms with Crippen LogP contribution in [0.25, 0.3) is 0 Å². The number of carbonyl (C=O) groups excluding carboxylic acids is 1. The summed E-state index contributed by atoms with van der Waals surface area (Å²) >= 11 is 5.03. The molecule has 1 aromatic carbocycles. The fourth-order valence-corrected chi connectivity index (χ4v) is 3.41. The van der Waals surface area contributed by atoms with E-state index in [9.17, 15) is 9.18 Å². The molecule has 20 heavy (non-hydrogen) atoms. The van der Waals surface area contributed by atoms with Crippen molar-refractivity contribution in [2.45, 2.75) is 20.4 Å². The Labute approximate surface area is 130 Å². The normalized spacial score (nSPS) is 10.6. The summed E-state index contributed by atoms with van der Waals surface area (Å²) in [7, 11) is 0. The van der Waals surface area contributed by atoms with Gasteiger partial charge in [-0.1, -0.05) is 0 Å². The number of nitrogens with zero attached hydrogens (tertiary/aromatic N) is 1. The summed E-state index contributed by atoms with van der Waals surface area (Å²) < 4.78 is 14.3. The summed E-state index contributed by atoms with van der Waals surface area (Å²) in [4.78, 5) is 15.3. The van der Waals surface area contributed by atoms with Crippen LogP contribution in [0, 0.1) is 12.7 Å². The van der Waals surface area contributed by atoms with Crippen molar-refractivity contribution < 1.29 is 9.18 Å². The smallest absolute Gasteiger partial charge is 0.254 e. The van der Waals surface area contributed by atoms with Gasteiger partial charge in [-0.15, -0.1) is 11.3 Å². The zero-order valence-electron chi connectivity index (χ0n) is 11.3. The molecule has 0 unspecified atom stereocenters. The predicted molar refractivity (Wildman–Crippen MR) is 83.6 cm³/mol. The zero-order chi connectivity index (χ0) is 14.7. The summed E-state index contributed by atoms with van der Waals surface area (Å²) in [6.07, 6.45) is 0. The van der Waals surface area contributed by atoms with Crippen LogP contribution in [0.2, 0.25) is 0 Å². The molecule has 0 saturated carbocycles. The number of carbonyl (C=O) groups is 1. The molecule has 0 saturated heterocycles. The molecule has 1 heterocycles. The Kier molecular flexibility index (Phi) is 4.94. The average molecular weight is 356 g/mol. The van der Waals surface area contributed by atoms with E-state index in [1.807, 2.05) is 19.1 Å². The first-order chi connectivity index (χ1) is 9.51. The minimum Gasteiger partial charge on any atom is -0.334 e. The molecule has 5 heteroatoms. The standard InChI is InChI=1S/C15H15BrFNOS/c1-3-18(9-12-5-7-14(16)20-12)15(19)11-4-6-13(17)10(2)8-11/h4-8H,3,9H2,1-2H3. The van der Waals surface area contributed by atoms with Crippen LogP contribution in [-0.2, 0) is 6.54 Å². The van der Waals surface area contributed by atoms with Gasteiger partial charge in [0.2, 0.25) is 0 Å². The molecule has 0 aliphatic heterocycles. The van der Waals surface area contributed by atoms with Crippen molar-refractivity contribution in [1.82, 2.24) is 4.90 Å². The summed E-state index contributed by atoms with van der Waals surface area (Å²) in [6.45, 7) is 4.79. The van der Waals surface area contributed by atoms with E-state index >= 15 is 0 Å². The Hall–Kier alpha value is -1.20. The highest BCUT2D eigenvalue weighted by molar-refractivity contribution is 9.11. The summed E-state index contributed by atoms with van der Waals surface area (Å²) in [5, 5.41) is 0. The molecule has 2 nitrogen and oxygen atoms in total. The monoisotopic (exact) mass is 355 g/mol. The maximum Gasteiger partial charge on any atom is 0.254 e. The van der Waals surface area contributed by atoms with Crippen molar-refractivity contribution in [2.24, 2.45) is 0 Å². The van der Waals surface area contributed by atoms with E-state index < -0.39 is 0 Å². The molecular weight excluding hydrogens is 341 g/mol. The van der Waals surface area contributed by atoms with Crippen LogP contribution < -0.4 is 0 Å². The third-order valence-corrected chi connectivity index (χ3v) is 4.66. The number of amides is 1. The number of halogens is 2. The highest BCUT2D eigenvalue weighted by Gasteiger charge is 2.16. The largest absolute Gasteiger partial charge is 0.334 e. The van der Waals surface area contributed by atoms with Crippen LogP contribution in [0.4, 0.5) is 4.39 Å². The highest BCUT2D eigenvalue weighted by Crippen LogP contribution is 2.24. The second kappa shape index (κ2) is 6.50. The topological polar surface area (TPSA) is 20.3 Å². The molecule has 1 amide bonds. The minimum absolute atomic E-state index is 0.0693. The molecule has 2 rings (SSSR count). The van der Waals surface area contributed by atoms with Gasteiger partial charge in [-0.2, -0.15) is 0 Å². The first-order valence-corrected chi connectivity index (χ1v) is 7.92. The van der Waals surface area contributed by atoms with Gasteiger partial charge in [0.05, 0.1) is 10.3 Å². The van der Waals surface area contributed by atoms with E-state index in [1.54, 1.807) is 29.2 Å². The van der Waals surface area contributed by atoms with Gasteiger partial charge in [-0.05, 0) is 65.7 Å². The average Bonchev–Trinajstić information content (AvgIpc) is 2.84. The lowest BCUT2D eigenvalue weighted by atomic mass is 10.1. The Morgan fingerprint density at radius 1 is 1.35 bits per heavy atom. The van der Waals surface area contributed by atoms with Gasteiger partial charge in [-0.25, -0.2) is 4.39 Å². The lowest BCUT2D eigenvalue weighted by Gasteiger charge is -2.20. The van der Waals surface area contributed by atoms with Gasteiger partial charge in [0.1, 0.15) is 5.82 Å². The molecule has 0 N–H and O–H groups in total. The van der Waals surface area contributed by atoms with Crippen molar-refractivity contribution in [1.29, 1.82) is 0 Å². The number of hydrogen-bond acceptors (Lipinski definition) is 2. The van der Waals surface area contributed by atoms with Crippen molar-refractivity contribution in [3.05, 3.63) is 55.9 Å². The molecular formula is C15H15BrFNOS. The lowest BCUT2D eigenvalue weighted by Crippen LogP contribution is -2.30. The Morgan fingerprint density at radius 3 is 2.65 bits per heavy atom. The van der Waals surface area contributed by atoms with Gasteiger partial charge in [-0.3, -0.25) is 4.79 Å². The van der Waals surface area contributed by atoms with Crippen molar-refractivity contribution in [3.63, 3.8) is 0 Å². The molecule has 1 aromatic heterocycles. The SMILES string of the molecule is CCN(Cc1ccc(Br)s1)C(=O)c1ccc(F)c(C)c1. The Morgan fingerprint density at radius 2 is 2.10 bits per heavy atom. The predicted octanol–water partition coefficient (Wildman–Crippen LogP) is 4.62. The zero-order valence-corrected chi connectivity index (χ0v) is 13.7. The molecule has 0 fully saturated rings. The van der Waals surface area contributed by atoms with Crippen LogP contribution in [0.5, 0.6) is 0 Å². The van der Waals surface area contributed by atoms with Gasteiger partial charge in [0.25, 0.3) is 5.91 Å². The molecule has 0 spiro atoms. The van der Waals surface area contributed by atoms with E-state index in [0.29, 0.717) is 24.2 Å². The third kappa shape index (κ3) is 3.46. The van der Waals surface area contributed by atoms with E-state index in [1.165, 1.54) is 12.1 Å². The minimum atomic E-state index is -0.285. The van der Waals surface area contributed by atoms with Crippen LogP contribution in [0.1, 0.15) is 27.7 Å². The molecule has 0 aliphatic carbocycles. The van der Waals surface area contributed by atoms with Crippen LogP contribution in [-0.4, -0.2) is 17.4 Å². The van der Waals surface area contributed by atoms with E-state index in [0.717, 1.165) is 8.66 Å². The maximum atomic E-state index is 13.3. The summed E-state index contributed by atoms with van der Waals surface area (Å²) in [6, 6.07) is 8.46. The molecule has 0 bridgehead atoms. The van der Waals surface area contributed by atoms with E-state index in [4.69, 9.17) is 0 Å². The number of benzene rings is 1. The number of thiophene rings is 1. The third-order valence-electron chi connectivity index (χ3n) is 3.05. The second-order valence-electron chi connectivity index (χ2n) is 4.49. The molecule has 106 valence electrons. The summed E-state index contributed by atoms with van der Waals surface area (Å²) in [5.74, 6) is -0.355. The second-order valence-corrected chi connectivity index (χ2v) is 7.04. The van der Waals surface area contributed by atoms with Gasteiger partial charge in [0, 0.05) is 17.0 Å². The van der Waals surface area contributed by atoms with Crippen LogP contribution in [0.15, 0.2) is 34.1 Å². The lowest BCUT2D eigenvalue weighted by molar-refractivity contribution is 0.0754. The highest BCUT2D eigenvalue weighted by atomic mass is 79.9. The molecule has 0 atom stereocenters. The van der Waals surface area contributed by atoms with E-state index in [-0.39, 0.29) is 11.7 Å². The number of aryl methyl sites for hydroxylation is 1. The van der Waals surface area contributed by atoms with Crippen molar-refractivity contribution in [3.8, 4) is 0 Å². The fourth-order valence-electron chi connectivity index (χ4n) is 1.91. The van der Waals surface area contributed by atoms with Gasteiger partial charge in [0.15, 0.2) is 0 Å². The van der Waals surface area contributed by atoms with Crippen molar-refractivity contribution >= 4 is 33.2 Å². The van der Waals surface area contributed by atoms with Gasteiger partial charge >= 0.3 is 0 Å². The quantitative estimate of drug-likeness (QED) is 0.783. The molecule has 0 radical (unpaired) electrons. The number of rotatable bonds is 4. The van der Waals surface area contributed by atoms with Crippen molar-refractivity contribution in [2.75, 3.05) is 6.54 Å². The Bertz CT molecular complexity index is 626. The maximum absolute atomic E-state index is 13.3. The number of hydrogen-bond donors (Lipinski definition) is 0. The first kappa shape index (κ1) is 15.2. The van der Waals surface area contributed by atoms with E-state index in [2.05, 4.69) is 15.9 Å². The Balaban J connectivity index is 2.18. The first-order valence-electron chi connectivity index (χ1n) is 6.31. The molecule has 0 aliphatic rings. The van der Waals surface area contributed by atoms with Crippen LogP contribution in [0.3, 0.4) is 0 Å².